The van der Waals surface area contributed by atoms with Crippen molar-refractivity contribution < 1.29 is 9.90 Å². The van der Waals surface area contributed by atoms with Crippen LogP contribution in [0.4, 0.5) is 4.79 Å². The number of nitrogens with one attached hydrogen (secondary N) is 1. The molecule has 1 aliphatic carbocycles. The number of likely N-dealkylation sites (tertiary alicyclic amines) is 1. The highest BCUT2D eigenvalue weighted by molar-refractivity contribution is 5.64. The first kappa shape index (κ1) is 16.3. The second-order valence-electron chi connectivity index (χ2n) is 7.09. The molecule has 2 aliphatic rings. The molecule has 0 bridgehead atoms. The Morgan fingerprint density at radius 3 is 2.48 bits per heavy atom. The molecule has 1 saturated carbocycles. The lowest BCUT2D eigenvalue weighted by molar-refractivity contribution is 0.134. The largest absolute Gasteiger partial charge is 0.465 e. The molecule has 126 valence electrons. The summed E-state index contributed by atoms with van der Waals surface area (Å²) >= 11 is 0. The van der Waals surface area contributed by atoms with Crippen LogP contribution in [0, 0.1) is 5.92 Å². The van der Waals surface area contributed by atoms with Crippen LogP contribution in [0.1, 0.15) is 50.0 Å². The lowest BCUT2D eigenvalue weighted by Crippen LogP contribution is -2.47. The van der Waals surface area contributed by atoms with Crippen LogP contribution in [0.3, 0.4) is 0 Å². The number of amides is 1. The number of hydrogen-bond acceptors (Lipinski definition) is 2. The average molecular weight is 316 g/mol. The lowest BCUT2D eigenvalue weighted by atomic mass is 9.83. The monoisotopic (exact) mass is 316 g/mol. The van der Waals surface area contributed by atoms with Gasteiger partial charge in [-0.25, -0.2) is 4.79 Å². The topological polar surface area (TPSA) is 52.6 Å². The summed E-state index contributed by atoms with van der Waals surface area (Å²) in [4.78, 5) is 13.5. The first-order valence-electron chi connectivity index (χ1n) is 8.99. The second kappa shape index (κ2) is 7.82. The maximum absolute atomic E-state index is 11.0. The number of hydrogen-bond donors (Lipinski definition) is 2. The van der Waals surface area contributed by atoms with E-state index >= 15 is 0 Å². The minimum absolute atomic E-state index is 0.146. The molecule has 0 aromatic heterocycles. The van der Waals surface area contributed by atoms with Gasteiger partial charge in [0.05, 0.1) is 0 Å². The first-order chi connectivity index (χ1) is 11.2. The van der Waals surface area contributed by atoms with Gasteiger partial charge in [-0.3, -0.25) is 0 Å². The minimum atomic E-state index is -0.871. The molecule has 3 rings (SSSR count). The van der Waals surface area contributed by atoms with Crippen LogP contribution in [-0.4, -0.2) is 41.8 Å². The Hall–Kier alpha value is -1.55. The zero-order chi connectivity index (χ0) is 16.1. The summed E-state index contributed by atoms with van der Waals surface area (Å²) in [5, 5.41) is 11.8. The van der Waals surface area contributed by atoms with Gasteiger partial charge in [0.25, 0.3) is 0 Å². The van der Waals surface area contributed by atoms with E-state index in [0.717, 1.165) is 38.9 Å². The van der Waals surface area contributed by atoms with Crippen LogP contribution in [0.25, 0.3) is 0 Å². The van der Waals surface area contributed by atoms with Gasteiger partial charge in [-0.05, 0) is 56.2 Å². The Bertz CT molecular complexity index is 497. The molecule has 0 spiro atoms. The summed E-state index contributed by atoms with van der Waals surface area (Å²) in [5.41, 5.74) is 1.47. The van der Waals surface area contributed by atoms with Crippen LogP contribution < -0.4 is 5.32 Å². The number of nitrogens with zero attached hydrogens (tertiary/aromatic N) is 1. The highest BCUT2D eigenvalue weighted by atomic mass is 16.4. The fraction of sp³-hybridized carbons (Fsp3) is 0.632. The normalized spacial score (nSPS) is 26.8. The number of piperidine rings is 1. The van der Waals surface area contributed by atoms with Crippen molar-refractivity contribution in [2.45, 2.75) is 50.5 Å². The molecule has 2 fully saturated rings. The Morgan fingerprint density at radius 2 is 1.78 bits per heavy atom. The molecule has 2 N–H and O–H groups in total. The smallest absolute Gasteiger partial charge is 0.404 e. The van der Waals surface area contributed by atoms with Gasteiger partial charge in [-0.1, -0.05) is 43.2 Å². The molecule has 2 atom stereocenters. The van der Waals surface area contributed by atoms with Gasteiger partial charge in [0.15, 0.2) is 0 Å². The number of carbonyl (C=O) groups is 1. The van der Waals surface area contributed by atoms with E-state index in [9.17, 15) is 4.79 Å². The van der Waals surface area contributed by atoms with Crippen molar-refractivity contribution in [2.24, 2.45) is 5.92 Å². The third-order valence-electron chi connectivity index (χ3n) is 5.57. The van der Waals surface area contributed by atoms with Gasteiger partial charge in [0.1, 0.15) is 0 Å². The van der Waals surface area contributed by atoms with Gasteiger partial charge in [0.2, 0.25) is 0 Å². The molecule has 2 unspecified atom stereocenters. The lowest BCUT2D eigenvalue weighted by Gasteiger charge is -2.38. The van der Waals surface area contributed by atoms with Gasteiger partial charge in [-0.2, -0.15) is 0 Å². The van der Waals surface area contributed by atoms with Crippen molar-refractivity contribution in [3.05, 3.63) is 35.9 Å². The fourth-order valence-corrected chi connectivity index (χ4v) is 4.28. The highest BCUT2D eigenvalue weighted by Gasteiger charge is 2.29. The predicted molar refractivity (Wildman–Crippen MR) is 91.8 cm³/mol. The Morgan fingerprint density at radius 1 is 1.09 bits per heavy atom. The molecule has 0 radical (unpaired) electrons. The van der Waals surface area contributed by atoms with Crippen molar-refractivity contribution in [1.29, 1.82) is 0 Å². The van der Waals surface area contributed by atoms with Gasteiger partial charge in [0, 0.05) is 12.6 Å². The summed E-state index contributed by atoms with van der Waals surface area (Å²) in [6.07, 6.45) is 6.10. The molecule has 23 heavy (non-hydrogen) atoms. The summed E-state index contributed by atoms with van der Waals surface area (Å²) in [5.74, 6) is 1.17. The minimum Gasteiger partial charge on any atom is -0.465 e. The third-order valence-corrected chi connectivity index (χ3v) is 5.57. The highest BCUT2D eigenvalue weighted by Crippen LogP contribution is 2.30. The van der Waals surface area contributed by atoms with Gasteiger partial charge < -0.3 is 15.3 Å². The molecule has 1 aromatic carbocycles. The number of carboxylic acid groups (broad SMARTS) is 1. The van der Waals surface area contributed by atoms with Crippen molar-refractivity contribution in [1.82, 2.24) is 10.2 Å². The fourth-order valence-electron chi connectivity index (χ4n) is 4.28. The summed E-state index contributed by atoms with van der Waals surface area (Å²) < 4.78 is 0. The third kappa shape index (κ3) is 4.47. The molecular formula is C19H28N2O2. The Kier molecular flexibility index (Phi) is 5.55. The van der Waals surface area contributed by atoms with Gasteiger partial charge >= 0.3 is 6.09 Å². The Balaban J connectivity index is 1.50. The van der Waals surface area contributed by atoms with E-state index in [-0.39, 0.29) is 6.04 Å². The summed E-state index contributed by atoms with van der Waals surface area (Å²) in [7, 11) is 0. The molecule has 1 amide bonds. The first-order valence-corrected chi connectivity index (χ1v) is 8.99. The average Bonchev–Trinajstić information content (AvgIpc) is 2.58. The van der Waals surface area contributed by atoms with Crippen molar-refractivity contribution in [2.75, 3.05) is 19.6 Å². The molecule has 1 saturated heterocycles. The van der Waals surface area contributed by atoms with E-state index in [0.29, 0.717) is 11.8 Å². The van der Waals surface area contributed by atoms with Crippen LogP contribution in [0.15, 0.2) is 30.3 Å². The Labute approximate surface area is 138 Å². The SMILES string of the molecule is O=C(O)NC1CCCCC1CN1CCC(c2ccccc2)CC1. The molecular weight excluding hydrogens is 288 g/mol. The van der Waals surface area contributed by atoms with Crippen LogP contribution in [-0.2, 0) is 0 Å². The van der Waals surface area contributed by atoms with Crippen molar-refractivity contribution >= 4 is 6.09 Å². The maximum Gasteiger partial charge on any atom is 0.404 e. The zero-order valence-electron chi connectivity index (χ0n) is 13.8. The summed E-state index contributed by atoms with van der Waals surface area (Å²) in [6.45, 7) is 3.32. The number of benzene rings is 1. The molecule has 4 heteroatoms. The van der Waals surface area contributed by atoms with E-state index in [1.54, 1.807) is 0 Å². The van der Waals surface area contributed by atoms with Crippen LogP contribution in [0.5, 0.6) is 0 Å². The second-order valence-corrected chi connectivity index (χ2v) is 7.09. The van der Waals surface area contributed by atoms with E-state index in [2.05, 4.69) is 40.5 Å². The predicted octanol–water partition coefficient (Wildman–Crippen LogP) is 3.69. The van der Waals surface area contributed by atoms with Gasteiger partial charge in [-0.15, -0.1) is 0 Å². The van der Waals surface area contributed by atoms with E-state index in [1.165, 1.54) is 24.8 Å². The molecule has 4 nitrogen and oxygen atoms in total. The molecule has 1 aromatic rings. The zero-order valence-corrected chi connectivity index (χ0v) is 13.8. The van der Waals surface area contributed by atoms with Crippen LogP contribution >= 0.6 is 0 Å². The molecule has 1 heterocycles. The molecule has 1 aliphatic heterocycles. The van der Waals surface area contributed by atoms with Crippen LogP contribution in [0.2, 0.25) is 0 Å². The van der Waals surface area contributed by atoms with E-state index in [1.807, 2.05) is 0 Å². The standard InChI is InChI=1S/C19H28N2O2/c22-19(23)20-18-9-5-4-8-17(18)14-21-12-10-16(11-13-21)15-6-2-1-3-7-15/h1-3,6-7,16-18,20H,4-5,8-14H2,(H,22,23). The van der Waals surface area contributed by atoms with Crippen molar-refractivity contribution in [3.63, 3.8) is 0 Å². The quantitative estimate of drug-likeness (QED) is 0.890. The van der Waals surface area contributed by atoms with Crippen molar-refractivity contribution in [3.8, 4) is 0 Å². The van der Waals surface area contributed by atoms with E-state index in [4.69, 9.17) is 5.11 Å². The summed E-state index contributed by atoms with van der Waals surface area (Å²) in [6, 6.07) is 11.0. The maximum atomic E-state index is 11.0. The van der Waals surface area contributed by atoms with E-state index < -0.39 is 6.09 Å². The number of rotatable bonds is 4.